The number of likely N-dealkylation sites (tertiary alicyclic amines) is 1. The molecule has 25 heavy (non-hydrogen) atoms. The van der Waals surface area contributed by atoms with Gasteiger partial charge in [0.15, 0.2) is 0 Å². The molecule has 1 fully saturated rings. The molecule has 2 atom stereocenters. The number of rotatable bonds is 4. The van der Waals surface area contributed by atoms with Gasteiger partial charge in [0.2, 0.25) is 15.9 Å². The van der Waals surface area contributed by atoms with E-state index in [0.29, 0.717) is 19.5 Å². The lowest BCUT2D eigenvalue weighted by Gasteiger charge is -2.27. The predicted octanol–water partition coefficient (Wildman–Crippen LogP) is 0.282. The zero-order valence-electron chi connectivity index (χ0n) is 14.7. The second-order valence-corrected chi connectivity index (χ2v) is 9.19. The number of amides is 1. The van der Waals surface area contributed by atoms with Gasteiger partial charge in [-0.2, -0.15) is 0 Å². The van der Waals surface area contributed by atoms with Crippen LogP contribution in [0, 0.1) is 5.41 Å². The molecule has 0 spiro atoms. The summed E-state index contributed by atoms with van der Waals surface area (Å²) in [5.41, 5.74) is 7.55. The number of nitrogens with zero attached hydrogens (tertiary/aromatic N) is 2. The number of sulfonamides is 1. The molecule has 1 aromatic rings. The third-order valence-electron chi connectivity index (χ3n) is 5.35. The molecular weight excluding hydrogens is 340 g/mol. The average molecular weight is 366 g/mol. The molecule has 0 aromatic heterocycles. The quantitative estimate of drug-likeness (QED) is 0.795. The Kier molecular flexibility index (Phi) is 4.65. The van der Waals surface area contributed by atoms with Gasteiger partial charge < -0.3 is 10.6 Å². The zero-order valence-corrected chi connectivity index (χ0v) is 15.6. The maximum Gasteiger partial charge on any atom is 0.241 e. The van der Waals surface area contributed by atoms with Crippen molar-refractivity contribution in [1.82, 2.24) is 4.90 Å². The van der Waals surface area contributed by atoms with E-state index in [4.69, 9.17) is 10.9 Å². The van der Waals surface area contributed by atoms with Crippen LogP contribution in [-0.4, -0.2) is 51.4 Å². The van der Waals surface area contributed by atoms with E-state index >= 15 is 0 Å². The van der Waals surface area contributed by atoms with E-state index in [0.717, 1.165) is 30.8 Å². The molecule has 0 aliphatic carbocycles. The number of primary sulfonamides is 1. The molecule has 2 aliphatic heterocycles. The maximum atomic E-state index is 12.9. The minimum atomic E-state index is -3.74. The van der Waals surface area contributed by atoms with Crippen molar-refractivity contribution in [3.05, 3.63) is 23.8 Å². The van der Waals surface area contributed by atoms with Crippen LogP contribution in [0.3, 0.4) is 0 Å². The lowest BCUT2D eigenvalue weighted by atomic mass is 9.90. The van der Waals surface area contributed by atoms with Gasteiger partial charge in [0.25, 0.3) is 0 Å². The van der Waals surface area contributed by atoms with E-state index in [2.05, 4.69) is 11.8 Å². The topological polar surface area (TPSA) is 110 Å². The fourth-order valence-electron chi connectivity index (χ4n) is 3.86. The number of benzene rings is 1. The second kappa shape index (κ2) is 6.35. The lowest BCUT2D eigenvalue weighted by Crippen LogP contribution is -2.43. The summed E-state index contributed by atoms with van der Waals surface area (Å²) in [7, 11) is -3.74. The highest BCUT2D eigenvalue weighted by molar-refractivity contribution is 7.89. The first-order valence-electron chi connectivity index (χ1n) is 8.53. The standard InChI is InChI=1S/C17H26N4O3S/c1-12-7-13-8-14(25(19,23)24)3-4-15(13)21(12)16(22)9-20-6-5-17(2,10-18)11-20/h3-4,8,12H,5-7,9-11,18H2,1-2H3,(H2,19,23,24). The summed E-state index contributed by atoms with van der Waals surface area (Å²) in [6.07, 6.45) is 1.63. The van der Waals surface area contributed by atoms with Gasteiger partial charge in [-0.15, -0.1) is 0 Å². The Hall–Kier alpha value is -1.48. The highest BCUT2D eigenvalue weighted by Gasteiger charge is 2.36. The van der Waals surface area contributed by atoms with Crippen molar-refractivity contribution < 1.29 is 13.2 Å². The third-order valence-corrected chi connectivity index (χ3v) is 6.26. The summed E-state index contributed by atoms with van der Waals surface area (Å²) in [6.45, 7) is 6.81. The minimum Gasteiger partial charge on any atom is -0.330 e. The van der Waals surface area contributed by atoms with E-state index in [1.165, 1.54) is 6.07 Å². The van der Waals surface area contributed by atoms with Crippen molar-refractivity contribution >= 4 is 21.6 Å². The van der Waals surface area contributed by atoms with E-state index in [1.54, 1.807) is 17.0 Å². The number of nitrogens with two attached hydrogens (primary N) is 2. The van der Waals surface area contributed by atoms with E-state index < -0.39 is 10.0 Å². The van der Waals surface area contributed by atoms with E-state index in [-0.39, 0.29) is 22.3 Å². The summed E-state index contributed by atoms with van der Waals surface area (Å²) < 4.78 is 23.1. The molecule has 0 saturated carbocycles. The summed E-state index contributed by atoms with van der Waals surface area (Å²) in [4.78, 5) is 16.9. The average Bonchev–Trinajstić information content (AvgIpc) is 3.05. The molecule has 0 bridgehead atoms. The molecule has 2 aliphatic rings. The van der Waals surface area contributed by atoms with Crippen LogP contribution in [0.25, 0.3) is 0 Å². The van der Waals surface area contributed by atoms with Crippen LogP contribution in [-0.2, 0) is 21.2 Å². The summed E-state index contributed by atoms with van der Waals surface area (Å²) in [6, 6.07) is 4.73. The molecule has 2 unspecified atom stereocenters. The Bertz CT molecular complexity index is 795. The first-order valence-corrected chi connectivity index (χ1v) is 10.1. The van der Waals surface area contributed by atoms with Crippen molar-refractivity contribution in [2.45, 2.75) is 37.6 Å². The number of hydrogen-bond donors (Lipinski definition) is 2. The summed E-state index contributed by atoms with van der Waals surface area (Å²) in [5.74, 6) is 0.0378. The van der Waals surface area contributed by atoms with Crippen LogP contribution in [0.4, 0.5) is 5.69 Å². The first-order chi connectivity index (χ1) is 11.6. The van der Waals surface area contributed by atoms with E-state index in [9.17, 15) is 13.2 Å². The van der Waals surface area contributed by atoms with Gasteiger partial charge in [-0.25, -0.2) is 13.6 Å². The van der Waals surface area contributed by atoms with Crippen LogP contribution in [0.2, 0.25) is 0 Å². The highest BCUT2D eigenvalue weighted by Crippen LogP contribution is 2.34. The molecule has 2 heterocycles. The van der Waals surface area contributed by atoms with Crippen LogP contribution < -0.4 is 15.8 Å². The van der Waals surface area contributed by atoms with Crippen molar-refractivity contribution in [2.24, 2.45) is 16.3 Å². The van der Waals surface area contributed by atoms with Gasteiger partial charge >= 0.3 is 0 Å². The minimum absolute atomic E-state index is 0.00160. The molecule has 0 radical (unpaired) electrons. The Labute approximate surface area is 149 Å². The van der Waals surface area contributed by atoms with Crippen LogP contribution >= 0.6 is 0 Å². The summed E-state index contributed by atoms with van der Waals surface area (Å²) >= 11 is 0. The van der Waals surface area contributed by atoms with Crippen molar-refractivity contribution in [1.29, 1.82) is 0 Å². The third kappa shape index (κ3) is 3.57. The van der Waals surface area contributed by atoms with Crippen molar-refractivity contribution in [2.75, 3.05) is 31.1 Å². The predicted molar refractivity (Wildman–Crippen MR) is 96.7 cm³/mol. The SMILES string of the molecule is CC1Cc2cc(S(N)(=O)=O)ccc2N1C(=O)CN1CCC(C)(CN)C1. The maximum absolute atomic E-state index is 12.9. The van der Waals surface area contributed by atoms with Gasteiger partial charge in [0, 0.05) is 18.3 Å². The van der Waals surface area contributed by atoms with Crippen molar-refractivity contribution in [3.63, 3.8) is 0 Å². The number of carbonyl (C=O) groups is 1. The summed E-state index contributed by atoms with van der Waals surface area (Å²) in [5, 5.41) is 5.20. The number of carbonyl (C=O) groups excluding carboxylic acids is 1. The molecule has 7 nitrogen and oxygen atoms in total. The molecule has 1 amide bonds. The van der Waals surface area contributed by atoms with Gasteiger partial charge in [0.05, 0.1) is 11.4 Å². The molecule has 1 aromatic carbocycles. The zero-order chi connectivity index (χ0) is 18.4. The molecule has 1 saturated heterocycles. The number of hydrogen-bond acceptors (Lipinski definition) is 5. The first kappa shape index (κ1) is 18.3. The van der Waals surface area contributed by atoms with Gasteiger partial charge in [-0.05, 0) is 62.0 Å². The molecule has 4 N–H and O–H groups in total. The smallest absolute Gasteiger partial charge is 0.241 e. The lowest BCUT2D eigenvalue weighted by molar-refractivity contribution is -0.119. The molecule has 3 rings (SSSR count). The van der Waals surface area contributed by atoms with E-state index in [1.807, 2.05) is 6.92 Å². The normalized spacial score (nSPS) is 26.9. The van der Waals surface area contributed by atoms with Gasteiger partial charge in [0.1, 0.15) is 0 Å². The Balaban J connectivity index is 1.77. The van der Waals surface area contributed by atoms with Crippen molar-refractivity contribution in [3.8, 4) is 0 Å². The second-order valence-electron chi connectivity index (χ2n) is 7.63. The van der Waals surface area contributed by atoms with Crippen LogP contribution in [0.15, 0.2) is 23.1 Å². The monoisotopic (exact) mass is 366 g/mol. The Morgan fingerprint density at radius 1 is 1.40 bits per heavy atom. The number of fused-ring (bicyclic) bond motifs is 1. The fraction of sp³-hybridized carbons (Fsp3) is 0.588. The fourth-order valence-corrected chi connectivity index (χ4v) is 4.42. The molecule has 138 valence electrons. The van der Waals surface area contributed by atoms with Gasteiger partial charge in [-0.3, -0.25) is 9.69 Å². The Morgan fingerprint density at radius 2 is 2.12 bits per heavy atom. The molecule has 8 heteroatoms. The van der Waals surface area contributed by atoms with Crippen LogP contribution in [0.1, 0.15) is 25.8 Å². The largest absolute Gasteiger partial charge is 0.330 e. The Morgan fingerprint density at radius 3 is 2.72 bits per heavy atom. The highest BCUT2D eigenvalue weighted by atomic mass is 32.2. The molecular formula is C17H26N4O3S. The van der Waals surface area contributed by atoms with Gasteiger partial charge in [-0.1, -0.05) is 6.92 Å². The number of anilines is 1. The van der Waals surface area contributed by atoms with Crippen LogP contribution in [0.5, 0.6) is 0 Å².